The van der Waals surface area contributed by atoms with Crippen LogP contribution in [-0.4, -0.2) is 44.7 Å². The van der Waals surface area contributed by atoms with Crippen molar-refractivity contribution in [3.8, 4) is 11.6 Å². The summed E-state index contributed by atoms with van der Waals surface area (Å²) in [7, 11) is -2.74. The van der Waals surface area contributed by atoms with Crippen molar-refractivity contribution in [2.24, 2.45) is 0 Å². The zero-order valence-electron chi connectivity index (χ0n) is 14.1. The molecule has 0 radical (unpaired) electrons. The number of carbonyl (C=O) groups is 1. The van der Waals surface area contributed by atoms with E-state index in [0.717, 1.165) is 0 Å². The molecule has 0 atom stereocenters. The number of benzene rings is 1. The fourth-order valence-electron chi connectivity index (χ4n) is 2.36. The predicted molar refractivity (Wildman–Crippen MR) is 93.1 cm³/mol. The minimum atomic E-state index is -4.16. The van der Waals surface area contributed by atoms with Crippen LogP contribution in [-0.2, 0) is 10.0 Å². The molecule has 1 aromatic carbocycles. The standard InChI is InChI=1S/C15H17N5O5S/c1-9-8-12(24-2)18-14(17-9)19-15(21)20-26(22,23)11-5-3-4-10-13(11)25-7-6-16-10/h3-5,8,16H,6-7H2,1-2H3,(H2,17,18,19,20,21). The first-order chi connectivity index (χ1) is 12.4. The van der Waals surface area contributed by atoms with Crippen LogP contribution in [0.1, 0.15) is 5.69 Å². The predicted octanol–water partition coefficient (Wildman–Crippen LogP) is 1.11. The van der Waals surface area contributed by atoms with Crippen LogP contribution in [0.2, 0.25) is 0 Å². The van der Waals surface area contributed by atoms with Crippen molar-refractivity contribution >= 4 is 27.7 Å². The van der Waals surface area contributed by atoms with Crippen molar-refractivity contribution in [2.75, 3.05) is 30.9 Å². The number of carbonyl (C=O) groups excluding carboxylic acids is 1. The summed E-state index contributed by atoms with van der Waals surface area (Å²) in [4.78, 5) is 19.9. The van der Waals surface area contributed by atoms with Gasteiger partial charge in [-0.15, -0.1) is 0 Å². The first kappa shape index (κ1) is 17.7. The van der Waals surface area contributed by atoms with Gasteiger partial charge >= 0.3 is 6.03 Å². The highest BCUT2D eigenvalue weighted by Gasteiger charge is 2.26. The van der Waals surface area contributed by atoms with E-state index in [1.165, 1.54) is 13.2 Å². The van der Waals surface area contributed by atoms with Gasteiger partial charge < -0.3 is 14.8 Å². The monoisotopic (exact) mass is 379 g/mol. The van der Waals surface area contributed by atoms with Crippen LogP contribution in [0.4, 0.5) is 16.4 Å². The molecule has 0 unspecified atom stereocenters. The zero-order chi connectivity index (χ0) is 18.7. The Morgan fingerprint density at radius 2 is 2.15 bits per heavy atom. The van der Waals surface area contributed by atoms with Gasteiger partial charge in [-0.2, -0.15) is 4.98 Å². The van der Waals surface area contributed by atoms with Crippen LogP contribution >= 0.6 is 0 Å². The Labute approximate surface area is 150 Å². The van der Waals surface area contributed by atoms with Gasteiger partial charge in [-0.05, 0) is 19.1 Å². The molecule has 0 fully saturated rings. The largest absolute Gasteiger partial charge is 0.488 e. The maximum absolute atomic E-state index is 12.5. The Morgan fingerprint density at radius 1 is 1.35 bits per heavy atom. The van der Waals surface area contributed by atoms with Gasteiger partial charge in [0.1, 0.15) is 11.5 Å². The molecule has 1 aliphatic rings. The molecule has 11 heteroatoms. The molecule has 2 heterocycles. The third-order valence-corrected chi connectivity index (χ3v) is 4.78. The quantitative estimate of drug-likeness (QED) is 0.720. The SMILES string of the molecule is COc1cc(C)nc(NC(=O)NS(=O)(=O)c2cccc3c2OCCN3)n1. The third kappa shape index (κ3) is 3.77. The van der Waals surface area contributed by atoms with Crippen molar-refractivity contribution in [1.29, 1.82) is 0 Å². The van der Waals surface area contributed by atoms with Gasteiger partial charge in [0.15, 0.2) is 5.75 Å². The van der Waals surface area contributed by atoms with Gasteiger partial charge in [0.25, 0.3) is 10.0 Å². The smallest absolute Gasteiger partial charge is 0.335 e. The summed E-state index contributed by atoms with van der Waals surface area (Å²) in [5.74, 6) is 0.336. The Bertz CT molecular complexity index is 947. The molecule has 0 aliphatic carbocycles. The van der Waals surface area contributed by atoms with Gasteiger partial charge in [-0.3, -0.25) is 5.32 Å². The molecule has 1 aliphatic heterocycles. The highest BCUT2D eigenvalue weighted by Crippen LogP contribution is 2.34. The molecule has 2 aromatic rings. The Morgan fingerprint density at radius 3 is 2.92 bits per heavy atom. The van der Waals surface area contributed by atoms with Crippen LogP contribution < -0.4 is 24.8 Å². The lowest BCUT2D eigenvalue weighted by Gasteiger charge is -2.21. The molecule has 0 saturated heterocycles. The van der Waals surface area contributed by atoms with Gasteiger partial charge in [-0.1, -0.05) is 6.07 Å². The lowest BCUT2D eigenvalue weighted by atomic mass is 10.2. The van der Waals surface area contributed by atoms with E-state index in [1.54, 1.807) is 25.1 Å². The maximum Gasteiger partial charge on any atom is 0.335 e. The van der Waals surface area contributed by atoms with Crippen LogP contribution in [0.15, 0.2) is 29.2 Å². The minimum Gasteiger partial charge on any atom is -0.488 e. The first-order valence-corrected chi connectivity index (χ1v) is 9.10. The topological polar surface area (TPSA) is 132 Å². The molecule has 0 saturated carbocycles. The number of urea groups is 1. The summed E-state index contributed by atoms with van der Waals surface area (Å²) >= 11 is 0. The highest BCUT2D eigenvalue weighted by atomic mass is 32.2. The van der Waals surface area contributed by atoms with Crippen molar-refractivity contribution in [2.45, 2.75) is 11.8 Å². The number of nitrogens with zero attached hydrogens (tertiary/aromatic N) is 2. The number of hydrogen-bond acceptors (Lipinski definition) is 8. The number of hydrogen-bond donors (Lipinski definition) is 3. The Hall–Kier alpha value is -3.08. The number of para-hydroxylation sites is 1. The molecule has 2 amide bonds. The summed E-state index contributed by atoms with van der Waals surface area (Å²) in [6, 6.07) is 5.18. The van der Waals surface area contributed by atoms with Crippen molar-refractivity contribution < 1.29 is 22.7 Å². The van der Waals surface area contributed by atoms with Crippen LogP contribution in [0.25, 0.3) is 0 Å². The average molecular weight is 379 g/mol. The van der Waals surface area contributed by atoms with E-state index in [0.29, 0.717) is 24.5 Å². The van der Waals surface area contributed by atoms with Crippen molar-refractivity contribution in [1.82, 2.24) is 14.7 Å². The summed E-state index contributed by atoms with van der Waals surface area (Å²) in [5, 5.41) is 5.31. The molecular formula is C15H17N5O5S. The molecule has 0 spiro atoms. The van der Waals surface area contributed by atoms with E-state index >= 15 is 0 Å². The minimum absolute atomic E-state index is 0.0810. The second-order valence-corrected chi connectivity index (χ2v) is 6.99. The van der Waals surface area contributed by atoms with E-state index < -0.39 is 16.1 Å². The number of rotatable bonds is 4. The number of sulfonamides is 1. The molecular weight excluding hydrogens is 362 g/mol. The van der Waals surface area contributed by atoms with E-state index in [4.69, 9.17) is 9.47 Å². The van der Waals surface area contributed by atoms with Crippen molar-refractivity contribution in [3.05, 3.63) is 30.0 Å². The number of anilines is 2. The third-order valence-electron chi connectivity index (χ3n) is 3.42. The number of nitrogens with one attached hydrogen (secondary N) is 3. The zero-order valence-corrected chi connectivity index (χ0v) is 14.9. The number of amides is 2. The number of aromatic nitrogens is 2. The maximum atomic E-state index is 12.5. The number of ether oxygens (including phenoxy) is 2. The van der Waals surface area contributed by atoms with Crippen molar-refractivity contribution in [3.63, 3.8) is 0 Å². The molecule has 1 aromatic heterocycles. The molecule has 0 bridgehead atoms. The number of aryl methyl sites for hydroxylation is 1. The van der Waals surface area contributed by atoms with Gasteiger partial charge in [0, 0.05) is 18.3 Å². The van der Waals surface area contributed by atoms with E-state index in [1.807, 2.05) is 4.72 Å². The van der Waals surface area contributed by atoms with E-state index in [9.17, 15) is 13.2 Å². The lowest BCUT2D eigenvalue weighted by molar-refractivity contribution is 0.256. The Balaban J connectivity index is 1.80. The fraction of sp³-hybridized carbons (Fsp3) is 0.267. The fourth-order valence-corrected chi connectivity index (χ4v) is 3.43. The molecule has 3 N–H and O–H groups in total. The highest BCUT2D eigenvalue weighted by molar-refractivity contribution is 7.90. The van der Waals surface area contributed by atoms with E-state index in [-0.39, 0.29) is 22.5 Å². The van der Waals surface area contributed by atoms with Crippen LogP contribution in [0, 0.1) is 6.92 Å². The van der Waals surface area contributed by atoms with Gasteiger partial charge in [-0.25, -0.2) is 22.9 Å². The summed E-state index contributed by atoms with van der Waals surface area (Å²) < 4.78 is 37.4. The number of methoxy groups -OCH3 is 1. The Kier molecular flexibility index (Phi) is 4.80. The van der Waals surface area contributed by atoms with E-state index in [2.05, 4.69) is 20.6 Å². The summed E-state index contributed by atoms with van der Waals surface area (Å²) in [5.41, 5.74) is 1.10. The first-order valence-electron chi connectivity index (χ1n) is 7.62. The second-order valence-electron chi connectivity index (χ2n) is 5.34. The molecule has 3 rings (SSSR count). The lowest BCUT2D eigenvalue weighted by Crippen LogP contribution is -2.35. The van der Waals surface area contributed by atoms with Gasteiger partial charge in [0.2, 0.25) is 11.8 Å². The van der Waals surface area contributed by atoms with Gasteiger partial charge in [0.05, 0.1) is 12.8 Å². The molecule has 26 heavy (non-hydrogen) atoms. The molecule has 138 valence electrons. The normalized spacial score (nSPS) is 13.0. The summed E-state index contributed by atoms with van der Waals surface area (Å²) in [6.07, 6.45) is 0. The molecule has 10 nitrogen and oxygen atoms in total. The summed E-state index contributed by atoms with van der Waals surface area (Å²) in [6.45, 7) is 2.57. The van der Waals surface area contributed by atoms with Crippen LogP contribution in [0.5, 0.6) is 11.6 Å². The van der Waals surface area contributed by atoms with Crippen LogP contribution in [0.3, 0.4) is 0 Å². The number of fused-ring (bicyclic) bond motifs is 1. The second kappa shape index (κ2) is 7.04. The average Bonchev–Trinajstić information content (AvgIpc) is 2.60.